The molecule has 0 spiro atoms. The molecule has 0 saturated heterocycles. The molecule has 0 bridgehead atoms. The molecule has 9 heteroatoms. The largest absolute Gasteiger partial charge is 0.450 e. The fourth-order valence-electron chi connectivity index (χ4n) is 1.59. The summed E-state index contributed by atoms with van der Waals surface area (Å²) in [5, 5.41) is 8.12. The lowest BCUT2D eigenvalue weighted by Crippen LogP contribution is -2.35. The van der Waals surface area contributed by atoms with Crippen molar-refractivity contribution < 1.29 is 14.3 Å². The number of alkyl carbamates (subject to hydrolysis) is 1. The van der Waals surface area contributed by atoms with Crippen molar-refractivity contribution in [3.63, 3.8) is 0 Å². The lowest BCUT2D eigenvalue weighted by Gasteiger charge is -2.12. The highest BCUT2D eigenvalue weighted by Gasteiger charge is 2.12. The lowest BCUT2D eigenvalue weighted by atomic mass is 10.1. The molecule has 7 nitrogen and oxygen atoms in total. The number of hydrogen-bond donors (Lipinski definition) is 3. The average molecular weight is 373 g/mol. The van der Waals surface area contributed by atoms with E-state index in [0.29, 0.717) is 17.5 Å². The third-order valence-corrected chi connectivity index (χ3v) is 3.49. The number of carbonyl (C=O) groups is 2. The lowest BCUT2D eigenvalue weighted by molar-refractivity contribution is 0.0943. The minimum absolute atomic E-state index is 0.00539. The molecule has 132 valence electrons. The molecule has 0 unspecified atom stereocenters. The molecular formula is C15H21ClN4O3S. The summed E-state index contributed by atoms with van der Waals surface area (Å²) in [6.07, 6.45) is 0.285. The molecule has 1 rings (SSSR count). The number of hydrogen-bond acceptors (Lipinski definition) is 5. The average Bonchev–Trinajstić information content (AvgIpc) is 2.51. The summed E-state index contributed by atoms with van der Waals surface area (Å²) in [7, 11) is 0. The van der Waals surface area contributed by atoms with Gasteiger partial charge < -0.3 is 15.4 Å². The van der Waals surface area contributed by atoms with Crippen molar-refractivity contribution in [3.05, 3.63) is 22.8 Å². The minimum atomic E-state index is -0.677. The van der Waals surface area contributed by atoms with Gasteiger partial charge in [-0.3, -0.25) is 10.1 Å². The molecule has 0 saturated carbocycles. The van der Waals surface area contributed by atoms with E-state index in [1.165, 1.54) is 12.1 Å². The van der Waals surface area contributed by atoms with Gasteiger partial charge in [0.15, 0.2) is 5.11 Å². The van der Waals surface area contributed by atoms with E-state index < -0.39 is 6.09 Å². The van der Waals surface area contributed by atoms with Gasteiger partial charge in [-0.2, -0.15) is 0 Å². The standard InChI is InChI=1S/C15H21ClN4O3S/c1-4-9(3)8-17-13(21)11-6-10(16)7-12(18-11)19-14(24)20-15(22)23-5-2/h6-7,9H,4-5,8H2,1-3H3,(H,17,21)(H2,18,19,20,22,24)/t9-/m0/s1. The quantitative estimate of drug-likeness (QED) is 0.665. The molecule has 2 amide bonds. The van der Waals surface area contributed by atoms with Crippen LogP contribution in [-0.2, 0) is 4.74 Å². The van der Waals surface area contributed by atoms with Crippen LogP contribution < -0.4 is 16.0 Å². The van der Waals surface area contributed by atoms with Gasteiger partial charge in [-0.1, -0.05) is 31.9 Å². The Morgan fingerprint density at radius 2 is 2.08 bits per heavy atom. The number of aromatic nitrogens is 1. The van der Waals surface area contributed by atoms with Gasteiger partial charge in [-0.25, -0.2) is 9.78 Å². The maximum atomic E-state index is 12.1. The van der Waals surface area contributed by atoms with Crippen LogP contribution in [-0.4, -0.2) is 35.2 Å². The van der Waals surface area contributed by atoms with Crippen LogP contribution in [0.1, 0.15) is 37.7 Å². The van der Waals surface area contributed by atoms with Crippen molar-refractivity contribution in [1.29, 1.82) is 0 Å². The van der Waals surface area contributed by atoms with Gasteiger partial charge in [0.2, 0.25) is 0 Å². The summed E-state index contributed by atoms with van der Waals surface area (Å²) in [6, 6.07) is 2.95. The van der Waals surface area contributed by atoms with Crippen molar-refractivity contribution in [3.8, 4) is 0 Å². The number of halogens is 1. The van der Waals surface area contributed by atoms with Crippen molar-refractivity contribution in [2.75, 3.05) is 18.5 Å². The third kappa shape index (κ3) is 7.10. The predicted molar refractivity (Wildman–Crippen MR) is 97.4 cm³/mol. The van der Waals surface area contributed by atoms with Gasteiger partial charge in [-0.05, 0) is 37.2 Å². The number of nitrogens with one attached hydrogen (secondary N) is 3. The second kappa shape index (κ2) is 10.0. The number of rotatable bonds is 6. The van der Waals surface area contributed by atoms with Gasteiger partial charge >= 0.3 is 6.09 Å². The number of pyridine rings is 1. The fraction of sp³-hybridized carbons (Fsp3) is 0.467. The molecule has 24 heavy (non-hydrogen) atoms. The molecule has 3 N–H and O–H groups in total. The molecule has 0 aliphatic rings. The monoisotopic (exact) mass is 372 g/mol. The molecule has 1 heterocycles. The zero-order chi connectivity index (χ0) is 18.1. The Labute approximate surface area is 151 Å². The molecule has 1 aromatic heterocycles. The second-order valence-corrected chi connectivity index (χ2v) is 5.92. The van der Waals surface area contributed by atoms with E-state index in [-0.39, 0.29) is 29.1 Å². The van der Waals surface area contributed by atoms with Crippen LogP contribution in [0, 0.1) is 5.92 Å². The number of thiocarbonyl (C=S) groups is 1. The molecular weight excluding hydrogens is 352 g/mol. The maximum Gasteiger partial charge on any atom is 0.413 e. The molecule has 0 aliphatic heterocycles. The Kier molecular flexibility index (Phi) is 8.42. The predicted octanol–water partition coefficient (Wildman–Crippen LogP) is 2.95. The van der Waals surface area contributed by atoms with Gasteiger partial charge in [0.1, 0.15) is 11.5 Å². The van der Waals surface area contributed by atoms with Crippen LogP contribution >= 0.6 is 23.8 Å². The molecule has 0 radical (unpaired) electrons. The Morgan fingerprint density at radius 1 is 1.38 bits per heavy atom. The first kappa shape index (κ1) is 20.1. The first-order valence-corrected chi connectivity index (χ1v) is 8.34. The van der Waals surface area contributed by atoms with Gasteiger partial charge in [0.25, 0.3) is 5.91 Å². The SMILES string of the molecule is CCOC(=O)NC(=S)Nc1cc(Cl)cc(C(=O)NC[C@@H](C)CC)n1. The van der Waals surface area contributed by atoms with E-state index in [1.54, 1.807) is 6.92 Å². The van der Waals surface area contributed by atoms with Crippen molar-refractivity contribution >= 4 is 46.7 Å². The highest BCUT2D eigenvalue weighted by Crippen LogP contribution is 2.15. The summed E-state index contributed by atoms with van der Waals surface area (Å²) in [6.45, 7) is 6.55. The smallest absolute Gasteiger partial charge is 0.413 e. The second-order valence-electron chi connectivity index (χ2n) is 5.08. The molecule has 1 atom stereocenters. The zero-order valence-electron chi connectivity index (χ0n) is 13.8. The van der Waals surface area contributed by atoms with Gasteiger partial charge in [-0.15, -0.1) is 0 Å². The van der Waals surface area contributed by atoms with Crippen LogP contribution in [0.5, 0.6) is 0 Å². The first-order chi connectivity index (χ1) is 11.3. The van der Waals surface area contributed by atoms with Crippen LogP contribution in [0.15, 0.2) is 12.1 Å². The van der Waals surface area contributed by atoms with E-state index in [1.807, 2.05) is 13.8 Å². The van der Waals surface area contributed by atoms with Crippen LogP contribution in [0.2, 0.25) is 5.02 Å². The normalized spacial score (nSPS) is 11.3. The Bertz CT molecular complexity index is 612. The Balaban J connectivity index is 2.73. The summed E-state index contributed by atoms with van der Waals surface area (Å²) < 4.78 is 4.71. The highest BCUT2D eigenvalue weighted by atomic mass is 35.5. The van der Waals surface area contributed by atoms with E-state index in [4.69, 9.17) is 28.6 Å². The van der Waals surface area contributed by atoms with E-state index in [9.17, 15) is 9.59 Å². The van der Waals surface area contributed by atoms with Crippen molar-refractivity contribution in [2.45, 2.75) is 27.2 Å². The summed E-state index contributed by atoms with van der Waals surface area (Å²) in [4.78, 5) is 27.6. The molecule has 0 fully saturated rings. The number of carbonyl (C=O) groups excluding carboxylic acids is 2. The topological polar surface area (TPSA) is 92.4 Å². The molecule has 0 aromatic carbocycles. The van der Waals surface area contributed by atoms with E-state index in [2.05, 4.69) is 20.9 Å². The molecule has 1 aromatic rings. The molecule has 0 aliphatic carbocycles. The minimum Gasteiger partial charge on any atom is -0.450 e. The summed E-state index contributed by atoms with van der Waals surface area (Å²) in [5.41, 5.74) is 0.159. The third-order valence-electron chi connectivity index (χ3n) is 3.06. The van der Waals surface area contributed by atoms with Gasteiger partial charge in [0.05, 0.1) is 6.61 Å². The van der Waals surface area contributed by atoms with Crippen LogP contribution in [0.4, 0.5) is 10.6 Å². The maximum absolute atomic E-state index is 12.1. The number of ether oxygens (including phenoxy) is 1. The number of anilines is 1. The highest BCUT2D eigenvalue weighted by molar-refractivity contribution is 7.80. The van der Waals surface area contributed by atoms with Crippen molar-refractivity contribution in [1.82, 2.24) is 15.6 Å². The van der Waals surface area contributed by atoms with Gasteiger partial charge in [0, 0.05) is 11.6 Å². The first-order valence-electron chi connectivity index (χ1n) is 7.56. The van der Waals surface area contributed by atoms with Crippen LogP contribution in [0.25, 0.3) is 0 Å². The summed E-state index contributed by atoms with van der Waals surface area (Å²) in [5.74, 6) is 0.287. The van der Waals surface area contributed by atoms with E-state index >= 15 is 0 Å². The zero-order valence-corrected chi connectivity index (χ0v) is 15.4. The Morgan fingerprint density at radius 3 is 2.71 bits per heavy atom. The fourth-order valence-corrected chi connectivity index (χ4v) is 1.98. The number of amides is 2. The van der Waals surface area contributed by atoms with Crippen molar-refractivity contribution in [2.24, 2.45) is 5.92 Å². The van der Waals surface area contributed by atoms with Crippen LogP contribution in [0.3, 0.4) is 0 Å². The summed E-state index contributed by atoms with van der Waals surface area (Å²) >= 11 is 11.0. The van der Waals surface area contributed by atoms with E-state index in [0.717, 1.165) is 6.42 Å². The number of nitrogens with zero attached hydrogens (tertiary/aromatic N) is 1. The Hall–Kier alpha value is -1.93.